The highest BCUT2D eigenvalue weighted by Crippen LogP contribution is 2.01. The third kappa shape index (κ3) is 4.12. The Bertz CT molecular complexity index is 320. The minimum atomic E-state index is -0.200. The standard InChI is InChI=1S/C10H17N3O2/c1-8-7-9(15-12-8)10(14)11-5-4-6-13(2)3/h7H,4-6H2,1-3H3,(H,11,14). The summed E-state index contributed by atoms with van der Waals surface area (Å²) >= 11 is 0. The van der Waals surface area contributed by atoms with E-state index >= 15 is 0 Å². The lowest BCUT2D eigenvalue weighted by molar-refractivity contribution is 0.0915. The number of amides is 1. The predicted molar refractivity (Wildman–Crippen MR) is 56.7 cm³/mol. The SMILES string of the molecule is Cc1cc(C(=O)NCCCN(C)C)on1. The molecule has 1 heterocycles. The Labute approximate surface area is 89.4 Å². The Morgan fingerprint density at radius 3 is 2.87 bits per heavy atom. The molecule has 1 aromatic rings. The molecule has 84 valence electrons. The normalized spacial score (nSPS) is 10.7. The summed E-state index contributed by atoms with van der Waals surface area (Å²) in [6.45, 7) is 3.39. The van der Waals surface area contributed by atoms with Gasteiger partial charge in [-0.25, -0.2) is 0 Å². The fourth-order valence-electron chi connectivity index (χ4n) is 1.15. The van der Waals surface area contributed by atoms with E-state index in [2.05, 4.69) is 15.4 Å². The van der Waals surface area contributed by atoms with Crippen molar-refractivity contribution in [2.45, 2.75) is 13.3 Å². The van der Waals surface area contributed by atoms with Crippen LogP contribution in [0.2, 0.25) is 0 Å². The number of aryl methyl sites for hydroxylation is 1. The molecule has 0 aromatic carbocycles. The van der Waals surface area contributed by atoms with Crippen molar-refractivity contribution in [2.24, 2.45) is 0 Å². The van der Waals surface area contributed by atoms with Crippen LogP contribution in [0.15, 0.2) is 10.6 Å². The quantitative estimate of drug-likeness (QED) is 0.727. The Balaban J connectivity index is 2.25. The zero-order valence-electron chi connectivity index (χ0n) is 9.41. The molecule has 0 aliphatic rings. The van der Waals surface area contributed by atoms with Crippen LogP contribution in [-0.4, -0.2) is 43.1 Å². The van der Waals surface area contributed by atoms with E-state index in [9.17, 15) is 4.79 Å². The maximum Gasteiger partial charge on any atom is 0.289 e. The molecule has 5 nitrogen and oxygen atoms in total. The minimum absolute atomic E-state index is 0.200. The number of nitrogens with zero attached hydrogens (tertiary/aromatic N) is 2. The smallest absolute Gasteiger partial charge is 0.289 e. The highest BCUT2D eigenvalue weighted by Gasteiger charge is 2.09. The summed E-state index contributed by atoms with van der Waals surface area (Å²) in [4.78, 5) is 13.5. The molecule has 0 radical (unpaired) electrons. The second kappa shape index (κ2) is 5.50. The molecule has 0 saturated carbocycles. The lowest BCUT2D eigenvalue weighted by Gasteiger charge is -2.08. The summed E-state index contributed by atoms with van der Waals surface area (Å²) in [7, 11) is 4.00. The lowest BCUT2D eigenvalue weighted by Crippen LogP contribution is -2.26. The molecule has 0 spiro atoms. The first-order valence-electron chi connectivity index (χ1n) is 4.96. The summed E-state index contributed by atoms with van der Waals surface area (Å²) in [6, 6.07) is 1.63. The number of hydrogen-bond acceptors (Lipinski definition) is 4. The Kier molecular flexibility index (Phi) is 4.30. The van der Waals surface area contributed by atoms with Gasteiger partial charge in [0.1, 0.15) is 0 Å². The molecule has 0 unspecified atom stereocenters. The van der Waals surface area contributed by atoms with Crippen molar-refractivity contribution in [1.29, 1.82) is 0 Å². The third-order valence-corrected chi connectivity index (χ3v) is 1.92. The topological polar surface area (TPSA) is 58.4 Å². The third-order valence-electron chi connectivity index (χ3n) is 1.92. The van der Waals surface area contributed by atoms with Crippen molar-refractivity contribution in [3.8, 4) is 0 Å². The van der Waals surface area contributed by atoms with E-state index in [4.69, 9.17) is 4.52 Å². The molecule has 15 heavy (non-hydrogen) atoms. The van der Waals surface area contributed by atoms with Crippen LogP contribution in [0.3, 0.4) is 0 Å². The molecule has 0 atom stereocenters. The van der Waals surface area contributed by atoms with E-state index in [1.54, 1.807) is 13.0 Å². The van der Waals surface area contributed by atoms with Gasteiger partial charge in [0.15, 0.2) is 0 Å². The predicted octanol–water partition coefficient (Wildman–Crippen LogP) is 0.665. The summed E-state index contributed by atoms with van der Waals surface area (Å²) in [5, 5.41) is 6.42. The minimum Gasteiger partial charge on any atom is -0.351 e. The van der Waals surface area contributed by atoms with Gasteiger partial charge in [0.2, 0.25) is 5.76 Å². The molecule has 0 aliphatic carbocycles. The van der Waals surface area contributed by atoms with Crippen molar-refractivity contribution in [3.63, 3.8) is 0 Å². The van der Waals surface area contributed by atoms with Crippen LogP contribution in [-0.2, 0) is 0 Å². The fraction of sp³-hybridized carbons (Fsp3) is 0.600. The van der Waals surface area contributed by atoms with Gasteiger partial charge in [0.25, 0.3) is 5.91 Å². The lowest BCUT2D eigenvalue weighted by atomic mass is 10.3. The van der Waals surface area contributed by atoms with E-state index in [0.717, 1.165) is 13.0 Å². The van der Waals surface area contributed by atoms with Gasteiger partial charge in [-0.05, 0) is 34.0 Å². The average molecular weight is 211 g/mol. The molecule has 0 saturated heterocycles. The summed E-state index contributed by atoms with van der Waals surface area (Å²) < 4.78 is 4.83. The van der Waals surface area contributed by atoms with E-state index in [0.29, 0.717) is 12.2 Å². The van der Waals surface area contributed by atoms with Gasteiger partial charge in [-0.1, -0.05) is 5.16 Å². The van der Waals surface area contributed by atoms with Crippen molar-refractivity contribution < 1.29 is 9.32 Å². The van der Waals surface area contributed by atoms with Crippen LogP contribution >= 0.6 is 0 Å². The van der Waals surface area contributed by atoms with E-state index < -0.39 is 0 Å². The molecule has 1 aromatic heterocycles. The van der Waals surface area contributed by atoms with Crippen molar-refractivity contribution >= 4 is 5.91 Å². The van der Waals surface area contributed by atoms with E-state index in [1.807, 2.05) is 14.1 Å². The van der Waals surface area contributed by atoms with Crippen LogP contribution in [0, 0.1) is 6.92 Å². The molecule has 5 heteroatoms. The van der Waals surface area contributed by atoms with Gasteiger partial charge < -0.3 is 14.7 Å². The zero-order chi connectivity index (χ0) is 11.3. The van der Waals surface area contributed by atoms with Gasteiger partial charge in [0, 0.05) is 12.6 Å². The number of carbonyl (C=O) groups is 1. The van der Waals surface area contributed by atoms with Gasteiger partial charge in [-0.2, -0.15) is 0 Å². The average Bonchev–Trinajstić information content (AvgIpc) is 2.59. The largest absolute Gasteiger partial charge is 0.351 e. The number of carbonyl (C=O) groups excluding carboxylic acids is 1. The Morgan fingerprint density at radius 1 is 1.60 bits per heavy atom. The second-order valence-corrected chi connectivity index (χ2v) is 3.75. The maximum absolute atomic E-state index is 11.4. The highest BCUT2D eigenvalue weighted by atomic mass is 16.5. The number of nitrogens with one attached hydrogen (secondary N) is 1. The number of aromatic nitrogens is 1. The highest BCUT2D eigenvalue weighted by molar-refractivity contribution is 5.91. The molecule has 1 N–H and O–H groups in total. The molecule has 0 bridgehead atoms. The van der Waals surface area contributed by atoms with Crippen LogP contribution < -0.4 is 5.32 Å². The van der Waals surface area contributed by atoms with Gasteiger partial charge >= 0.3 is 0 Å². The van der Waals surface area contributed by atoms with Crippen molar-refractivity contribution in [3.05, 3.63) is 17.5 Å². The molecule has 0 aliphatic heterocycles. The first-order valence-corrected chi connectivity index (χ1v) is 4.96. The Hall–Kier alpha value is -1.36. The van der Waals surface area contributed by atoms with E-state index in [-0.39, 0.29) is 11.7 Å². The first kappa shape index (κ1) is 11.7. The summed E-state index contributed by atoms with van der Waals surface area (Å²) in [6.07, 6.45) is 0.922. The zero-order valence-corrected chi connectivity index (χ0v) is 9.41. The fourth-order valence-corrected chi connectivity index (χ4v) is 1.15. The summed E-state index contributed by atoms with van der Waals surface area (Å²) in [5.41, 5.74) is 0.716. The van der Waals surface area contributed by atoms with Crippen LogP contribution in [0.4, 0.5) is 0 Å². The van der Waals surface area contributed by atoms with Crippen LogP contribution in [0.1, 0.15) is 22.7 Å². The second-order valence-electron chi connectivity index (χ2n) is 3.75. The molecule has 1 rings (SSSR count). The van der Waals surface area contributed by atoms with Crippen LogP contribution in [0.25, 0.3) is 0 Å². The van der Waals surface area contributed by atoms with Crippen molar-refractivity contribution in [1.82, 2.24) is 15.4 Å². The van der Waals surface area contributed by atoms with Gasteiger partial charge in [-0.3, -0.25) is 4.79 Å². The maximum atomic E-state index is 11.4. The molecule has 0 fully saturated rings. The summed E-state index contributed by atoms with van der Waals surface area (Å²) in [5.74, 6) is 0.0757. The van der Waals surface area contributed by atoms with Gasteiger partial charge in [-0.15, -0.1) is 0 Å². The molecular formula is C10H17N3O2. The first-order chi connectivity index (χ1) is 7.09. The number of rotatable bonds is 5. The van der Waals surface area contributed by atoms with Crippen molar-refractivity contribution in [2.75, 3.05) is 27.2 Å². The van der Waals surface area contributed by atoms with E-state index in [1.165, 1.54) is 0 Å². The molecular weight excluding hydrogens is 194 g/mol. The van der Waals surface area contributed by atoms with Crippen LogP contribution in [0.5, 0.6) is 0 Å². The monoisotopic (exact) mass is 211 g/mol. The number of hydrogen-bond donors (Lipinski definition) is 1. The Morgan fingerprint density at radius 2 is 2.33 bits per heavy atom. The van der Waals surface area contributed by atoms with Gasteiger partial charge in [0.05, 0.1) is 5.69 Å². The molecule has 1 amide bonds.